The van der Waals surface area contributed by atoms with E-state index in [9.17, 15) is 23.1 Å². The average molecular weight is 245 g/mol. The fourth-order valence-corrected chi connectivity index (χ4v) is 0.604. The monoisotopic (exact) mass is 245 g/mol. The Hall–Kier alpha value is -0.710. The summed E-state index contributed by atoms with van der Waals surface area (Å²) in [6.45, 7) is 2.76. The van der Waals surface area contributed by atoms with E-state index < -0.39 is 29.6 Å². The number of ether oxygens (including phenoxy) is 1. The summed E-state index contributed by atoms with van der Waals surface area (Å²) < 4.78 is 39.9. The molecule has 8 heteroatoms. The van der Waals surface area contributed by atoms with Crippen LogP contribution in [0.5, 0.6) is 0 Å². The average Bonchev–Trinajstić information content (AvgIpc) is 2.01. The van der Waals surface area contributed by atoms with E-state index in [1.54, 1.807) is 0 Å². The van der Waals surface area contributed by atoms with E-state index in [0.29, 0.717) is 0 Å². The molecule has 0 aliphatic carbocycles. The van der Waals surface area contributed by atoms with Crippen molar-refractivity contribution in [2.75, 3.05) is 0 Å². The second kappa shape index (κ2) is 6.78. The number of nitrogens with zero attached hydrogens (tertiary/aromatic N) is 1. The quantitative estimate of drug-likeness (QED) is 0.179. The van der Waals surface area contributed by atoms with Gasteiger partial charge in [-0.15, -0.1) is 0 Å². The van der Waals surface area contributed by atoms with Crippen molar-refractivity contribution in [2.24, 2.45) is 0 Å². The van der Waals surface area contributed by atoms with Crippen LogP contribution in [0.25, 0.3) is 0 Å². The summed E-state index contributed by atoms with van der Waals surface area (Å²) in [5.41, 5.74) is -1.56. The van der Waals surface area contributed by atoms with Crippen molar-refractivity contribution < 1.29 is 57.4 Å². The maximum atomic E-state index is 11.9. The number of esters is 1. The van der Waals surface area contributed by atoms with Gasteiger partial charge in [0.2, 0.25) is 0 Å². The summed E-state index contributed by atoms with van der Waals surface area (Å²) >= 11 is 0. The Morgan fingerprint density at radius 2 is 1.88 bits per heavy atom. The van der Waals surface area contributed by atoms with Gasteiger partial charge in [-0.05, 0) is 19.6 Å². The van der Waals surface area contributed by atoms with Gasteiger partial charge >= 0.3 is 41.7 Å². The summed E-state index contributed by atoms with van der Waals surface area (Å²) in [5, 5.41) is 18.8. The standard InChI is InChI=1S/C8H8F3NO3.Na/c1-4(2)15-7(14)5(3-12)6(13)8(9,10)11;/h4,13H,1-2H3;/q;+1/p-1. The fourth-order valence-electron chi connectivity index (χ4n) is 0.604. The van der Waals surface area contributed by atoms with Gasteiger partial charge in [-0.1, -0.05) is 0 Å². The summed E-state index contributed by atoms with van der Waals surface area (Å²) in [5.74, 6) is -4.05. The molecular formula is C8H7F3NNaO3. The second-order valence-corrected chi connectivity index (χ2v) is 2.77. The van der Waals surface area contributed by atoms with E-state index in [2.05, 4.69) is 4.74 Å². The summed E-state index contributed by atoms with van der Waals surface area (Å²) in [4.78, 5) is 10.9. The van der Waals surface area contributed by atoms with Gasteiger partial charge in [0.1, 0.15) is 11.6 Å². The number of hydrogen-bond donors (Lipinski definition) is 0. The van der Waals surface area contributed by atoms with Crippen LogP contribution in [0.2, 0.25) is 0 Å². The number of hydrogen-bond acceptors (Lipinski definition) is 4. The molecule has 0 fully saturated rings. The first-order valence-electron chi connectivity index (χ1n) is 3.79. The zero-order chi connectivity index (χ0) is 12.2. The van der Waals surface area contributed by atoms with Gasteiger partial charge < -0.3 is 9.84 Å². The Morgan fingerprint density at radius 1 is 1.44 bits per heavy atom. The van der Waals surface area contributed by atoms with Crippen LogP contribution >= 0.6 is 0 Å². The first kappa shape index (κ1) is 17.7. The summed E-state index contributed by atoms with van der Waals surface area (Å²) in [7, 11) is 0. The minimum absolute atomic E-state index is 0. The number of halogens is 3. The smallest absolute Gasteiger partial charge is 0.868 e. The van der Waals surface area contributed by atoms with Crippen molar-refractivity contribution in [3.05, 3.63) is 11.3 Å². The number of rotatable bonds is 2. The molecule has 0 N–H and O–H groups in total. The van der Waals surface area contributed by atoms with Gasteiger partial charge in [0.05, 0.1) is 6.10 Å². The third-order valence-electron chi connectivity index (χ3n) is 1.14. The van der Waals surface area contributed by atoms with Gasteiger partial charge in [0.25, 0.3) is 0 Å². The largest absolute Gasteiger partial charge is 1.00 e. The minimum atomic E-state index is -5.25. The maximum absolute atomic E-state index is 11.9. The van der Waals surface area contributed by atoms with Crippen LogP contribution in [-0.4, -0.2) is 18.2 Å². The van der Waals surface area contributed by atoms with Crippen molar-refractivity contribution in [2.45, 2.75) is 26.1 Å². The van der Waals surface area contributed by atoms with Gasteiger partial charge in [0, 0.05) is 0 Å². The topological polar surface area (TPSA) is 73.2 Å². The van der Waals surface area contributed by atoms with E-state index in [-0.39, 0.29) is 29.6 Å². The molecule has 0 amide bonds. The van der Waals surface area contributed by atoms with Gasteiger partial charge in [-0.3, -0.25) is 0 Å². The van der Waals surface area contributed by atoms with Crippen LogP contribution in [-0.2, 0) is 9.53 Å². The second-order valence-electron chi connectivity index (χ2n) is 2.77. The molecule has 0 radical (unpaired) electrons. The molecular weight excluding hydrogens is 238 g/mol. The van der Waals surface area contributed by atoms with E-state index in [0.717, 1.165) is 6.07 Å². The van der Waals surface area contributed by atoms with Crippen LogP contribution in [0.4, 0.5) is 13.2 Å². The van der Waals surface area contributed by atoms with Crippen molar-refractivity contribution in [1.82, 2.24) is 0 Å². The normalized spacial score (nSPS) is 12.3. The first-order valence-corrected chi connectivity index (χ1v) is 3.79. The Morgan fingerprint density at radius 3 is 2.12 bits per heavy atom. The molecule has 0 rings (SSSR count). The van der Waals surface area contributed by atoms with Gasteiger partial charge in [-0.25, -0.2) is 4.79 Å². The molecule has 0 aromatic rings. The van der Waals surface area contributed by atoms with Crippen LogP contribution in [0, 0.1) is 11.3 Å². The van der Waals surface area contributed by atoms with Crippen molar-refractivity contribution in [3.63, 3.8) is 0 Å². The predicted octanol–water partition coefficient (Wildman–Crippen LogP) is -2.36. The van der Waals surface area contributed by atoms with E-state index in [1.807, 2.05) is 0 Å². The van der Waals surface area contributed by atoms with E-state index in [1.165, 1.54) is 13.8 Å². The Labute approximate surface area is 112 Å². The summed E-state index contributed by atoms with van der Waals surface area (Å²) in [6, 6.07) is 0.886. The SMILES string of the molecule is CC(C)OC(=O)C(C#N)=C([O-])C(F)(F)F.[Na+]. The fraction of sp³-hybridized carbons (Fsp3) is 0.500. The summed E-state index contributed by atoms with van der Waals surface area (Å²) in [6.07, 6.45) is -5.96. The number of carbonyl (C=O) groups excluding carboxylic acids is 1. The zero-order valence-electron chi connectivity index (χ0n) is 8.88. The van der Waals surface area contributed by atoms with Crippen molar-refractivity contribution in [1.29, 1.82) is 5.26 Å². The molecule has 0 bridgehead atoms. The molecule has 0 aromatic heterocycles. The zero-order valence-corrected chi connectivity index (χ0v) is 10.9. The van der Waals surface area contributed by atoms with E-state index in [4.69, 9.17) is 5.26 Å². The van der Waals surface area contributed by atoms with Crippen LogP contribution in [0.1, 0.15) is 13.8 Å². The molecule has 0 aromatic carbocycles. The van der Waals surface area contributed by atoms with E-state index >= 15 is 0 Å². The molecule has 16 heavy (non-hydrogen) atoms. The van der Waals surface area contributed by atoms with Crippen molar-refractivity contribution in [3.8, 4) is 6.07 Å². The molecule has 0 aliphatic rings. The number of allylic oxidation sites excluding steroid dienone is 1. The van der Waals surface area contributed by atoms with Crippen LogP contribution < -0.4 is 34.7 Å². The molecule has 4 nitrogen and oxygen atoms in total. The third-order valence-corrected chi connectivity index (χ3v) is 1.14. The molecule has 84 valence electrons. The number of carbonyl (C=O) groups is 1. The molecule has 0 atom stereocenters. The molecule has 0 saturated carbocycles. The molecule has 0 saturated heterocycles. The first-order chi connectivity index (χ1) is 6.70. The van der Waals surface area contributed by atoms with Gasteiger partial charge in [0.15, 0.2) is 0 Å². The van der Waals surface area contributed by atoms with Crippen molar-refractivity contribution >= 4 is 5.97 Å². The minimum Gasteiger partial charge on any atom is -0.868 e. The molecule has 0 heterocycles. The molecule has 0 unspecified atom stereocenters. The number of nitriles is 1. The van der Waals surface area contributed by atoms with Crippen LogP contribution in [0.3, 0.4) is 0 Å². The van der Waals surface area contributed by atoms with Gasteiger partial charge in [-0.2, -0.15) is 18.4 Å². The maximum Gasteiger partial charge on any atom is 1.00 e. The molecule has 0 spiro atoms. The Kier molecular flexibility index (Phi) is 7.49. The third kappa shape index (κ3) is 5.39. The predicted molar refractivity (Wildman–Crippen MR) is 39.9 cm³/mol. The molecule has 0 aliphatic heterocycles. The Balaban J connectivity index is 0. The Bertz CT molecular complexity index is 330. The number of alkyl halides is 3. The van der Waals surface area contributed by atoms with Crippen LogP contribution in [0.15, 0.2) is 11.3 Å².